The van der Waals surface area contributed by atoms with E-state index in [1.54, 1.807) is 18.6 Å². The van der Waals surface area contributed by atoms with Gasteiger partial charge in [-0.3, -0.25) is 4.99 Å². The number of nitrogens with two attached hydrogens (primary N) is 1. The van der Waals surface area contributed by atoms with Gasteiger partial charge in [0.05, 0.1) is 6.21 Å². The van der Waals surface area contributed by atoms with E-state index in [1.165, 1.54) is 0 Å². The Morgan fingerprint density at radius 3 is 3.07 bits per heavy atom. The molecule has 0 fully saturated rings. The zero-order valence-electron chi connectivity index (χ0n) is 8.95. The van der Waals surface area contributed by atoms with Crippen LogP contribution in [0, 0.1) is 0 Å². The molecule has 0 amide bonds. The highest BCUT2D eigenvalue weighted by molar-refractivity contribution is 5.74. The second-order valence-electron chi connectivity index (χ2n) is 3.26. The van der Waals surface area contributed by atoms with E-state index < -0.39 is 0 Å². The summed E-state index contributed by atoms with van der Waals surface area (Å²) in [6.45, 7) is 3.58. The second kappa shape index (κ2) is 8.14. The third-order valence-electron chi connectivity index (χ3n) is 1.93. The third-order valence-corrected chi connectivity index (χ3v) is 1.93. The molecule has 0 aliphatic heterocycles. The third kappa shape index (κ3) is 5.98. The van der Waals surface area contributed by atoms with Gasteiger partial charge in [0.2, 0.25) is 0 Å². The van der Waals surface area contributed by atoms with E-state index in [1.807, 2.05) is 0 Å². The Labute approximate surface area is 90.2 Å². The molecule has 4 N–H and O–H groups in total. The minimum atomic E-state index is 0.754. The number of aliphatic imine (C=N–C) groups is 1. The number of nitrogens with zero attached hydrogens (tertiary/aromatic N) is 2. The van der Waals surface area contributed by atoms with Crippen molar-refractivity contribution in [1.82, 2.24) is 15.3 Å². The molecule has 0 aliphatic carbocycles. The van der Waals surface area contributed by atoms with Gasteiger partial charge in [-0.1, -0.05) is 0 Å². The average Bonchev–Trinajstić information content (AvgIpc) is 2.75. The largest absolute Gasteiger partial charge is 0.344 e. The Morgan fingerprint density at radius 2 is 2.33 bits per heavy atom. The molecule has 0 unspecified atom stereocenters. The average molecular weight is 209 g/mol. The molecule has 0 aromatic carbocycles. The first kappa shape index (κ1) is 11.9. The Morgan fingerprint density at radius 1 is 1.47 bits per heavy atom. The van der Waals surface area contributed by atoms with Crippen molar-refractivity contribution in [3.63, 3.8) is 0 Å². The van der Waals surface area contributed by atoms with E-state index in [4.69, 9.17) is 5.73 Å². The summed E-state index contributed by atoms with van der Waals surface area (Å²) in [7, 11) is 0. The highest BCUT2D eigenvalue weighted by Crippen LogP contribution is 1.84. The lowest BCUT2D eigenvalue weighted by atomic mass is 10.4. The van der Waals surface area contributed by atoms with Crippen LogP contribution in [0.25, 0.3) is 0 Å². The Bertz CT molecular complexity index is 255. The Balaban J connectivity index is 1.93. The number of hydrogen-bond acceptors (Lipinski definition) is 4. The predicted octanol–water partition coefficient (Wildman–Crippen LogP) is 0.157. The van der Waals surface area contributed by atoms with Gasteiger partial charge in [-0.15, -0.1) is 0 Å². The van der Waals surface area contributed by atoms with E-state index in [0.717, 1.165) is 44.8 Å². The number of hydrogen-bond donors (Lipinski definition) is 3. The first-order chi connectivity index (χ1) is 7.43. The van der Waals surface area contributed by atoms with E-state index in [0.29, 0.717) is 0 Å². The van der Waals surface area contributed by atoms with Crippen LogP contribution in [-0.4, -0.2) is 42.4 Å². The monoisotopic (exact) mass is 209 g/mol. The van der Waals surface area contributed by atoms with Gasteiger partial charge in [-0.25, -0.2) is 4.98 Å². The Kier molecular flexibility index (Phi) is 6.44. The molecule has 5 heteroatoms. The lowest BCUT2D eigenvalue weighted by molar-refractivity contribution is 0.632. The molecule has 5 nitrogen and oxygen atoms in total. The molecule has 0 atom stereocenters. The van der Waals surface area contributed by atoms with Crippen molar-refractivity contribution in [3.8, 4) is 0 Å². The molecular weight excluding hydrogens is 190 g/mol. The van der Waals surface area contributed by atoms with Crippen LogP contribution in [0.4, 0.5) is 0 Å². The molecule has 0 saturated heterocycles. The van der Waals surface area contributed by atoms with Gasteiger partial charge in [0.25, 0.3) is 0 Å². The van der Waals surface area contributed by atoms with Crippen LogP contribution in [0.5, 0.6) is 0 Å². The number of H-pyrrole nitrogens is 1. The molecule has 0 radical (unpaired) electrons. The van der Waals surface area contributed by atoms with Gasteiger partial charge < -0.3 is 16.0 Å². The summed E-state index contributed by atoms with van der Waals surface area (Å²) in [5.74, 6) is 0.811. The first-order valence-electron chi connectivity index (χ1n) is 5.33. The summed E-state index contributed by atoms with van der Waals surface area (Å²) >= 11 is 0. The fourth-order valence-electron chi connectivity index (χ4n) is 1.15. The van der Waals surface area contributed by atoms with Gasteiger partial charge in [-0.05, 0) is 32.5 Å². The van der Waals surface area contributed by atoms with E-state index in [-0.39, 0.29) is 0 Å². The topological polar surface area (TPSA) is 79.1 Å². The summed E-state index contributed by atoms with van der Waals surface area (Å²) in [5, 5.41) is 3.30. The summed E-state index contributed by atoms with van der Waals surface area (Å²) in [5.41, 5.74) is 5.37. The lowest BCUT2D eigenvalue weighted by Gasteiger charge is -2.00. The van der Waals surface area contributed by atoms with Crippen LogP contribution < -0.4 is 11.1 Å². The smallest absolute Gasteiger partial charge is 0.147 e. The molecular formula is C10H19N5. The van der Waals surface area contributed by atoms with Gasteiger partial charge in [0.15, 0.2) is 0 Å². The number of imidazole rings is 1. The van der Waals surface area contributed by atoms with E-state index in [9.17, 15) is 0 Å². The van der Waals surface area contributed by atoms with Crippen LogP contribution in [0.15, 0.2) is 17.4 Å². The van der Waals surface area contributed by atoms with Crippen molar-refractivity contribution < 1.29 is 0 Å². The van der Waals surface area contributed by atoms with Gasteiger partial charge in [0.1, 0.15) is 5.82 Å². The fourth-order valence-corrected chi connectivity index (χ4v) is 1.15. The van der Waals surface area contributed by atoms with Crippen molar-refractivity contribution in [3.05, 3.63) is 18.2 Å². The quantitative estimate of drug-likeness (QED) is 0.421. The normalized spacial score (nSPS) is 11.3. The lowest BCUT2D eigenvalue weighted by Crippen LogP contribution is -2.19. The molecule has 0 aliphatic rings. The molecule has 84 valence electrons. The number of aromatic amines is 1. The van der Waals surface area contributed by atoms with Gasteiger partial charge in [-0.2, -0.15) is 0 Å². The number of rotatable bonds is 8. The van der Waals surface area contributed by atoms with Crippen LogP contribution in [0.1, 0.15) is 18.7 Å². The molecule has 0 bridgehead atoms. The van der Waals surface area contributed by atoms with Crippen LogP contribution in [0.2, 0.25) is 0 Å². The van der Waals surface area contributed by atoms with Crippen molar-refractivity contribution in [2.24, 2.45) is 10.7 Å². The minimum Gasteiger partial charge on any atom is -0.344 e. The first-order valence-corrected chi connectivity index (χ1v) is 5.33. The summed E-state index contributed by atoms with van der Waals surface area (Å²) in [6.07, 6.45) is 7.35. The van der Waals surface area contributed by atoms with Crippen LogP contribution >= 0.6 is 0 Å². The molecule has 1 rings (SSSR count). The molecule has 0 spiro atoms. The zero-order valence-corrected chi connectivity index (χ0v) is 8.95. The number of aromatic nitrogens is 2. The molecule has 0 saturated carbocycles. The summed E-state index contributed by atoms with van der Waals surface area (Å²) in [4.78, 5) is 11.3. The predicted molar refractivity (Wildman–Crippen MR) is 62.2 cm³/mol. The standard InChI is InChI=1S/C10H19N5/c11-3-1-4-12-5-2-6-13-9-10-14-7-8-15-10/h7-9,12H,1-6,11H2,(H,14,15). The van der Waals surface area contributed by atoms with Crippen molar-refractivity contribution >= 4 is 6.21 Å². The van der Waals surface area contributed by atoms with Gasteiger partial charge >= 0.3 is 0 Å². The maximum atomic E-state index is 5.37. The highest BCUT2D eigenvalue weighted by Gasteiger charge is 1.88. The molecule has 1 heterocycles. The molecule has 1 aromatic rings. The Hall–Kier alpha value is -1.20. The maximum absolute atomic E-state index is 5.37. The SMILES string of the molecule is NCCCNCCCN=Cc1ncc[nH]1. The van der Waals surface area contributed by atoms with Crippen molar-refractivity contribution in [2.75, 3.05) is 26.2 Å². The summed E-state index contributed by atoms with van der Waals surface area (Å²) in [6, 6.07) is 0. The zero-order chi connectivity index (χ0) is 10.8. The molecule has 15 heavy (non-hydrogen) atoms. The minimum absolute atomic E-state index is 0.754. The second-order valence-corrected chi connectivity index (χ2v) is 3.26. The fraction of sp³-hybridized carbons (Fsp3) is 0.600. The summed E-state index contributed by atoms with van der Waals surface area (Å²) < 4.78 is 0. The van der Waals surface area contributed by atoms with E-state index >= 15 is 0 Å². The van der Waals surface area contributed by atoms with E-state index in [2.05, 4.69) is 20.3 Å². The molecule has 1 aromatic heterocycles. The van der Waals surface area contributed by atoms with Crippen LogP contribution in [0.3, 0.4) is 0 Å². The van der Waals surface area contributed by atoms with Gasteiger partial charge in [0, 0.05) is 18.9 Å². The van der Waals surface area contributed by atoms with Crippen molar-refractivity contribution in [1.29, 1.82) is 0 Å². The van der Waals surface area contributed by atoms with Crippen molar-refractivity contribution in [2.45, 2.75) is 12.8 Å². The maximum Gasteiger partial charge on any atom is 0.147 e. The number of nitrogens with one attached hydrogen (secondary N) is 2. The van der Waals surface area contributed by atoms with Crippen LogP contribution in [-0.2, 0) is 0 Å². The highest BCUT2D eigenvalue weighted by atomic mass is 14.9.